The van der Waals surface area contributed by atoms with E-state index in [-0.39, 0.29) is 22.2 Å². The molecule has 0 saturated heterocycles. The third kappa shape index (κ3) is 2.81. The van der Waals surface area contributed by atoms with Crippen LogP contribution < -0.4 is 11.1 Å². The first-order valence-corrected chi connectivity index (χ1v) is 7.03. The zero-order valence-electron chi connectivity index (χ0n) is 11.9. The number of halogens is 3. The first-order valence-electron chi connectivity index (χ1n) is 6.65. The molecule has 0 radical (unpaired) electrons. The second-order valence-electron chi connectivity index (χ2n) is 4.90. The van der Waals surface area contributed by atoms with E-state index in [1.165, 1.54) is 24.3 Å². The van der Waals surface area contributed by atoms with Crippen molar-refractivity contribution in [1.29, 1.82) is 0 Å². The van der Waals surface area contributed by atoms with E-state index in [0.717, 1.165) is 6.07 Å². The SMILES string of the molecule is NC(=O)c1oc2c(F)cc(F)cc2c1NC(=O)c1ccc(Cl)cc1. The fourth-order valence-corrected chi connectivity index (χ4v) is 2.34. The molecule has 0 bridgehead atoms. The lowest BCUT2D eigenvalue weighted by atomic mass is 10.1. The van der Waals surface area contributed by atoms with Crippen LogP contribution in [-0.4, -0.2) is 11.8 Å². The van der Waals surface area contributed by atoms with E-state index in [1.54, 1.807) is 0 Å². The first kappa shape index (κ1) is 15.9. The number of nitrogens with two attached hydrogens (primary N) is 1. The number of hydrogen-bond donors (Lipinski definition) is 2. The minimum Gasteiger partial charge on any atom is -0.446 e. The Kier molecular flexibility index (Phi) is 3.94. The van der Waals surface area contributed by atoms with Crippen LogP contribution in [0.3, 0.4) is 0 Å². The van der Waals surface area contributed by atoms with E-state index < -0.39 is 29.2 Å². The Labute approximate surface area is 139 Å². The fourth-order valence-electron chi connectivity index (χ4n) is 2.21. The van der Waals surface area contributed by atoms with E-state index in [1.807, 2.05) is 0 Å². The summed E-state index contributed by atoms with van der Waals surface area (Å²) in [6.45, 7) is 0. The van der Waals surface area contributed by atoms with E-state index in [9.17, 15) is 18.4 Å². The van der Waals surface area contributed by atoms with Crippen LogP contribution in [0, 0.1) is 11.6 Å². The molecule has 0 saturated carbocycles. The summed E-state index contributed by atoms with van der Waals surface area (Å²) >= 11 is 5.75. The summed E-state index contributed by atoms with van der Waals surface area (Å²) in [5.74, 6) is -4.03. The first-order chi connectivity index (χ1) is 11.4. The van der Waals surface area contributed by atoms with Crippen molar-refractivity contribution in [3.8, 4) is 0 Å². The molecule has 1 heterocycles. The Morgan fingerprint density at radius 1 is 1.12 bits per heavy atom. The maximum Gasteiger partial charge on any atom is 0.286 e. The molecule has 0 fully saturated rings. The number of primary amides is 1. The van der Waals surface area contributed by atoms with Crippen molar-refractivity contribution in [2.75, 3.05) is 5.32 Å². The molecule has 24 heavy (non-hydrogen) atoms. The Morgan fingerprint density at radius 3 is 2.42 bits per heavy atom. The van der Waals surface area contributed by atoms with Gasteiger partial charge in [0.25, 0.3) is 11.8 Å². The third-order valence-electron chi connectivity index (χ3n) is 3.28. The number of anilines is 1. The quantitative estimate of drug-likeness (QED) is 0.755. The van der Waals surface area contributed by atoms with Gasteiger partial charge in [-0.2, -0.15) is 0 Å². The molecule has 2 amide bonds. The van der Waals surface area contributed by atoms with Gasteiger partial charge in [-0.15, -0.1) is 0 Å². The average Bonchev–Trinajstić information content (AvgIpc) is 2.87. The summed E-state index contributed by atoms with van der Waals surface area (Å²) in [5, 5.41) is 2.72. The molecule has 3 rings (SSSR count). The molecule has 0 aliphatic heterocycles. The largest absolute Gasteiger partial charge is 0.446 e. The molecular weight excluding hydrogens is 342 g/mol. The number of fused-ring (bicyclic) bond motifs is 1. The van der Waals surface area contributed by atoms with Gasteiger partial charge in [0.15, 0.2) is 11.4 Å². The van der Waals surface area contributed by atoms with Gasteiger partial charge < -0.3 is 15.5 Å². The number of hydrogen-bond acceptors (Lipinski definition) is 3. The number of carbonyl (C=O) groups is 2. The van der Waals surface area contributed by atoms with Crippen molar-refractivity contribution in [1.82, 2.24) is 0 Å². The van der Waals surface area contributed by atoms with Crippen LogP contribution in [0.15, 0.2) is 40.8 Å². The van der Waals surface area contributed by atoms with Crippen LogP contribution in [0.2, 0.25) is 5.02 Å². The fraction of sp³-hybridized carbons (Fsp3) is 0. The Balaban J connectivity index is 2.10. The highest BCUT2D eigenvalue weighted by Gasteiger charge is 2.23. The normalized spacial score (nSPS) is 10.8. The van der Waals surface area contributed by atoms with Crippen LogP contribution in [0.25, 0.3) is 11.0 Å². The molecular formula is C16H9ClF2N2O3. The van der Waals surface area contributed by atoms with Crippen LogP contribution in [0.4, 0.5) is 14.5 Å². The maximum absolute atomic E-state index is 13.8. The highest BCUT2D eigenvalue weighted by molar-refractivity contribution is 6.30. The minimum absolute atomic E-state index is 0.108. The molecule has 1 aromatic heterocycles. The van der Waals surface area contributed by atoms with Crippen molar-refractivity contribution in [2.45, 2.75) is 0 Å². The van der Waals surface area contributed by atoms with Crippen LogP contribution in [0.5, 0.6) is 0 Å². The lowest BCUT2D eigenvalue weighted by Gasteiger charge is -2.05. The van der Waals surface area contributed by atoms with Gasteiger partial charge >= 0.3 is 0 Å². The molecule has 3 aromatic rings. The van der Waals surface area contributed by atoms with Gasteiger partial charge in [0.2, 0.25) is 5.76 Å². The number of carbonyl (C=O) groups excluding carboxylic acids is 2. The monoisotopic (exact) mass is 350 g/mol. The standard InChI is InChI=1S/C16H9ClF2N2O3/c17-8-3-1-7(2-4-8)16(23)21-12-10-5-9(18)6-11(19)13(10)24-14(12)15(20)22/h1-6H,(H2,20,22)(H,21,23). The van der Waals surface area contributed by atoms with Crippen molar-refractivity contribution in [3.05, 3.63) is 64.4 Å². The predicted molar refractivity (Wildman–Crippen MR) is 84.1 cm³/mol. The smallest absolute Gasteiger partial charge is 0.286 e. The number of amides is 2. The second-order valence-corrected chi connectivity index (χ2v) is 5.33. The molecule has 0 unspecified atom stereocenters. The molecule has 8 heteroatoms. The maximum atomic E-state index is 13.8. The zero-order valence-corrected chi connectivity index (χ0v) is 12.7. The highest BCUT2D eigenvalue weighted by Crippen LogP contribution is 2.33. The third-order valence-corrected chi connectivity index (χ3v) is 3.53. The summed E-state index contributed by atoms with van der Waals surface area (Å²) in [5.41, 5.74) is 4.83. The topological polar surface area (TPSA) is 85.3 Å². The van der Waals surface area contributed by atoms with Crippen molar-refractivity contribution < 1.29 is 22.8 Å². The van der Waals surface area contributed by atoms with Crippen molar-refractivity contribution in [2.24, 2.45) is 5.73 Å². The Hall–Kier alpha value is -2.93. The van der Waals surface area contributed by atoms with Crippen molar-refractivity contribution in [3.63, 3.8) is 0 Å². The van der Waals surface area contributed by atoms with Gasteiger partial charge in [0, 0.05) is 16.7 Å². The van der Waals surface area contributed by atoms with E-state index in [2.05, 4.69) is 5.32 Å². The lowest BCUT2D eigenvalue weighted by Crippen LogP contribution is -2.17. The number of rotatable bonds is 3. The van der Waals surface area contributed by atoms with Crippen molar-refractivity contribution >= 4 is 40.1 Å². The van der Waals surface area contributed by atoms with Crippen LogP contribution in [-0.2, 0) is 0 Å². The second kappa shape index (κ2) is 5.93. The van der Waals surface area contributed by atoms with E-state index in [4.69, 9.17) is 21.8 Å². The van der Waals surface area contributed by atoms with Gasteiger partial charge in [-0.05, 0) is 30.3 Å². The summed E-state index contributed by atoms with van der Waals surface area (Å²) in [6, 6.07) is 7.43. The van der Waals surface area contributed by atoms with E-state index in [0.29, 0.717) is 11.1 Å². The van der Waals surface area contributed by atoms with E-state index >= 15 is 0 Å². The summed E-state index contributed by atoms with van der Waals surface area (Å²) in [4.78, 5) is 23.8. The molecule has 0 aliphatic carbocycles. The van der Waals surface area contributed by atoms with Crippen LogP contribution >= 0.6 is 11.6 Å². The number of nitrogens with one attached hydrogen (secondary N) is 1. The molecule has 0 spiro atoms. The molecule has 0 aliphatic rings. The van der Waals surface area contributed by atoms with Gasteiger partial charge in [-0.25, -0.2) is 8.78 Å². The summed E-state index contributed by atoms with van der Waals surface area (Å²) < 4.78 is 32.3. The number of benzene rings is 2. The Morgan fingerprint density at radius 2 is 1.79 bits per heavy atom. The van der Waals surface area contributed by atoms with Gasteiger partial charge in [-0.3, -0.25) is 9.59 Å². The highest BCUT2D eigenvalue weighted by atomic mass is 35.5. The number of furan rings is 1. The molecule has 5 nitrogen and oxygen atoms in total. The molecule has 122 valence electrons. The Bertz CT molecular complexity index is 968. The molecule has 2 aromatic carbocycles. The minimum atomic E-state index is -1.03. The van der Waals surface area contributed by atoms with Gasteiger partial charge in [0.05, 0.1) is 5.39 Å². The van der Waals surface area contributed by atoms with Gasteiger partial charge in [-0.1, -0.05) is 11.6 Å². The predicted octanol–water partition coefficient (Wildman–Crippen LogP) is 3.72. The van der Waals surface area contributed by atoms with Gasteiger partial charge in [0.1, 0.15) is 11.5 Å². The summed E-state index contributed by atoms with van der Waals surface area (Å²) in [7, 11) is 0. The zero-order chi connectivity index (χ0) is 17.4. The average molecular weight is 351 g/mol. The molecule has 3 N–H and O–H groups in total. The lowest BCUT2D eigenvalue weighted by molar-refractivity contribution is 0.0977. The van der Waals surface area contributed by atoms with Crippen LogP contribution in [0.1, 0.15) is 20.9 Å². The molecule has 0 atom stereocenters. The summed E-state index contributed by atoms with van der Waals surface area (Å²) in [6.07, 6.45) is 0.